The maximum Gasteiger partial charge on any atom is 0.0754 e. The number of para-hydroxylation sites is 3. The van der Waals surface area contributed by atoms with E-state index >= 15 is 0 Å². The number of hydrogen-bond acceptors (Lipinski definition) is 3. The first-order valence-electron chi connectivity index (χ1n) is 21.4. The van der Waals surface area contributed by atoms with Gasteiger partial charge in [0, 0.05) is 18.0 Å². The average molecular weight is 794 g/mol. The van der Waals surface area contributed by atoms with Crippen LogP contribution >= 0.6 is 0 Å². The van der Waals surface area contributed by atoms with E-state index in [1.165, 1.54) is 55.9 Å². The molecule has 1 aliphatic carbocycles. The van der Waals surface area contributed by atoms with Crippen LogP contribution < -0.4 is 10.2 Å². The lowest BCUT2D eigenvalue weighted by Gasteiger charge is -2.45. The quantitative estimate of drug-likeness (QED) is 0.182. The Labute approximate surface area is 362 Å². The normalized spacial score (nSPS) is 16.6. The molecular formula is C58H41N4-. The molecule has 0 saturated carbocycles. The van der Waals surface area contributed by atoms with E-state index in [0.29, 0.717) is 0 Å². The predicted molar refractivity (Wildman–Crippen MR) is 254 cm³/mol. The summed E-state index contributed by atoms with van der Waals surface area (Å²) in [5, 5.41) is 8.86. The van der Waals surface area contributed by atoms with Crippen LogP contribution in [0.5, 0.6) is 0 Å². The van der Waals surface area contributed by atoms with Gasteiger partial charge in [-0.1, -0.05) is 206 Å². The summed E-state index contributed by atoms with van der Waals surface area (Å²) < 4.78 is 0. The van der Waals surface area contributed by atoms with Crippen molar-refractivity contribution in [1.82, 2.24) is 5.32 Å². The second kappa shape index (κ2) is 14.7. The molecular weight excluding hydrogens is 753 g/mol. The zero-order chi connectivity index (χ0) is 41.0. The predicted octanol–water partition coefficient (Wildman–Crippen LogP) is 14.3. The highest BCUT2D eigenvalue weighted by atomic mass is 15.3. The topological polar surface area (TPSA) is 41.7 Å². The lowest BCUT2D eigenvalue weighted by molar-refractivity contribution is 0.489. The Bertz CT molecular complexity index is 3090. The molecule has 0 aromatic heterocycles. The third-order valence-corrected chi connectivity index (χ3v) is 12.9. The summed E-state index contributed by atoms with van der Waals surface area (Å²) >= 11 is 0. The molecule has 9 aromatic carbocycles. The van der Waals surface area contributed by atoms with Crippen molar-refractivity contribution in [2.75, 3.05) is 4.90 Å². The van der Waals surface area contributed by atoms with Crippen LogP contribution in [0, 0.1) is 0 Å². The molecule has 0 fully saturated rings. The molecule has 2 unspecified atom stereocenters. The highest BCUT2D eigenvalue weighted by Crippen LogP contribution is 2.63. The Morgan fingerprint density at radius 1 is 0.419 bits per heavy atom. The van der Waals surface area contributed by atoms with E-state index in [0.717, 1.165) is 39.3 Å². The fourth-order valence-corrected chi connectivity index (χ4v) is 10.2. The molecule has 0 radical (unpaired) electrons. The zero-order valence-corrected chi connectivity index (χ0v) is 33.9. The van der Waals surface area contributed by atoms with Crippen LogP contribution in [0.25, 0.3) is 38.7 Å². The van der Waals surface area contributed by atoms with Gasteiger partial charge in [-0.05, 0) is 103 Å². The van der Waals surface area contributed by atoms with Gasteiger partial charge < -0.3 is 20.5 Å². The van der Waals surface area contributed by atoms with Gasteiger partial charge in [-0.25, -0.2) is 0 Å². The van der Waals surface area contributed by atoms with Gasteiger partial charge in [-0.15, -0.1) is 0 Å². The van der Waals surface area contributed by atoms with Crippen molar-refractivity contribution in [3.63, 3.8) is 0 Å². The average Bonchev–Trinajstić information content (AvgIpc) is 3.65. The second-order valence-corrected chi connectivity index (χ2v) is 16.3. The Morgan fingerprint density at radius 3 is 1.66 bits per heavy atom. The van der Waals surface area contributed by atoms with Crippen molar-refractivity contribution < 1.29 is 0 Å². The molecule has 1 N–H and O–H groups in total. The largest absolute Gasteiger partial charge is 0.445 e. The third kappa shape index (κ3) is 5.68. The highest BCUT2D eigenvalue weighted by Gasteiger charge is 2.51. The second-order valence-electron chi connectivity index (χ2n) is 16.3. The number of rotatable bonds is 6. The zero-order valence-electron chi connectivity index (χ0n) is 33.9. The van der Waals surface area contributed by atoms with Crippen LogP contribution in [0.1, 0.15) is 51.3 Å². The minimum Gasteiger partial charge on any atom is -0.445 e. The Hall–Kier alpha value is -7.79. The van der Waals surface area contributed by atoms with E-state index in [2.05, 4.69) is 216 Å². The SMILES string of the molecule is c1ccc(C2=NC(c3ccccc3-c3ccc(-c4ccc5c(c4)C4(c6ccccc6-5)c5ccccc5N(c5ccccc5)c5ccccc54)cc3)NC(c3ccccc3)[N-]2)cc1. The van der Waals surface area contributed by atoms with Gasteiger partial charge in [0.15, 0.2) is 0 Å². The molecule has 2 aliphatic heterocycles. The number of amidine groups is 1. The molecule has 0 bridgehead atoms. The molecule has 0 amide bonds. The van der Waals surface area contributed by atoms with Crippen molar-refractivity contribution >= 4 is 22.9 Å². The fraction of sp³-hybridized carbons (Fsp3) is 0.0517. The van der Waals surface area contributed by atoms with Gasteiger partial charge in [0.05, 0.1) is 16.8 Å². The van der Waals surface area contributed by atoms with E-state index in [4.69, 9.17) is 10.3 Å². The minimum absolute atomic E-state index is 0.233. The lowest BCUT2D eigenvalue weighted by atomic mass is 9.64. The van der Waals surface area contributed by atoms with Crippen LogP contribution in [0.3, 0.4) is 0 Å². The number of nitrogens with one attached hydrogen (secondary N) is 1. The standard InChI is InChI=1S/C58H41N4/c1-4-18-41(19-5-1)55-59-56(42-20-6-2-7-21-42)61-57(60-55)48-26-11-10-24-45(48)40-34-32-39(33-35-40)43-36-37-47-46-25-12-13-27-49(46)58(52(47)38-43)50-28-14-16-30-53(50)62(44-22-8-3-9-23-44)54-31-17-15-29-51(54)58/h1-38,55,57,60H/q-1. The van der Waals surface area contributed by atoms with Gasteiger partial charge in [-0.3, -0.25) is 0 Å². The molecule has 62 heavy (non-hydrogen) atoms. The Balaban J connectivity index is 0.959. The molecule has 3 aliphatic rings. The molecule has 9 aromatic rings. The van der Waals surface area contributed by atoms with Crippen LogP contribution in [0.2, 0.25) is 0 Å². The number of aliphatic imine (C=N–C) groups is 1. The number of benzene rings is 9. The summed E-state index contributed by atoms with van der Waals surface area (Å²) in [5.74, 6) is 0.751. The van der Waals surface area contributed by atoms with E-state index in [-0.39, 0.29) is 12.3 Å². The van der Waals surface area contributed by atoms with Crippen LogP contribution in [-0.2, 0) is 5.41 Å². The summed E-state index contributed by atoms with van der Waals surface area (Å²) in [7, 11) is 0. The first-order valence-corrected chi connectivity index (χ1v) is 21.4. The van der Waals surface area contributed by atoms with Crippen molar-refractivity contribution in [3.05, 3.63) is 275 Å². The van der Waals surface area contributed by atoms with Gasteiger partial charge in [0.1, 0.15) is 0 Å². The number of fused-ring (bicyclic) bond motifs is 9. The number of hydrogen-bond donors (Lipinski definition) is 1. The van der Waals surface area contributed by atoms with E-state index in [9.17, 15) is 0 Å². The van der Waals surface area contributed by atoms with E-state index in [1.807, 2.05) is 24.3 Å². The third-order valence-electron chi connectivity index (χ3n) is 12.9. The molecule has 1 spiro atoms. The summed E-state index contributed by atoms with van der Waals surface area (Å²) in [6.07, 6.45) is -0.527. The van der Waals surface area contributed by atoms with E-state index < -0.39 is 5.41 Å². The van der Waals surface area contributed by atoms with Gasteiger partial charge >= 0.3 is 0 Å². The van der Waals surface area contributed by atoms with Crippen molar-refractivity contribution in [1.29, 1.82) is 0 Å². The Morgan fingerprint density at radius 2 is 0.952 bits per heavy atom. The summed E-state index contributed by atoms with van der Waals surface area (Å²) in [5.41, 5.74) is 18.7. The first kappa shape index (κ1) is 36.1. The number of nitrogens with zero attached hydrogens (tertiary/aromatic N) is 3. The van der Waals surface area contributed by atoms with Gasteiger partial charge in [0.2, 0.25) is 0 Å². The van der Waals surface area contributed by atoms with E-state index in [1.54, 1.807) is 0 Å². The van der Waals surface area contributed by atoms with Gasteiger partial charge in [0.25, 0.3) is 0 Å². The molecule has 294 valence electrons. The van der Waals surface area contributed by atoms with Crippen molar-refractivity contribution in [2.24, 2.45) is 4.99 Å². The molecule has 4 heteroatoms. The van der Waals surface area contributed by atoms with Crippen molar-refractivity contribution in [3.8, 4) is 33.4 Å². The monoisotopic (exact) mass is 793 g/mol. The maximum atomic E-state index is 5.23. The molecule has 4 nitrogen and oxygen atoms in total. The van der Waals surface area contributed by atoms with Gasteiger partial charge in [-0.2, -0.15) is 0 Å². The summed E-state index contributed by atoms with van der Waals surface area (Å²) in [4.78, 5) is 7.67. The Kier molecular flexibility index (Phi) is 8.58. The van der Waals surface area contributed by atoms with Crippen molar-refractivity contribution in [2.45, 2.75) is 17.7 Å². The molecule has 0 saturated heterocycles. The summed E-state index contributed by atoms with van der Waals surface area (Å²) in [6, 6.07) is 83.3. The molecule has 12 rings (SSSR count). The summed E-state index contributed by atoms with van der Waals surface area (Å²) in [6.45, 7) is 0. The van der Waals surface area contributed by atoms with Crippen LogP contribution in [-0.4, -0.2) is 5.84 Å². The fourth-order valence-electron chi connectivity index (χ4n) is 10.2. The molecule has 2 heterocycles. The van der Waals surface area contributed by atoms with Crippen LogP contribution in [0.4, 0.5) is 17.1 Å². The molecule has 2 atom stereocenters. The maximum absolute atomic E-state index is 5.23. The minimum atomic E-state index is -0.505. The first-order chi connectivity index (χ1) is 30.8. The smallest absolute Gasteiger partial charge is 0.0754 e. The van der Waals surface area contributed by atoms with Crippen LogP contribution in [0.15, 0.2) is 236 Å². The highest BCUT2D eigenvalue weighted by molar-refractivity contribution is 6.09. The lowest BCUT2D eigenvalue weighted by Crippen LogP contribution is -2.36. The number of anilines is 3.